The van der Waals surface area contributed by atoms with Crippen LogP contribution in [0.4, 0.5) is 0 Å². The molecule has 1 aliphatic rings. The van der Waals surface area contributed by atoms with E-state index in [1.54, 1.807) is 0 Å². The zero-order valence-corrected chi connectivity index (χ0v) is 9.66. The quantitative estimate of drug-likeness (QED) is 0.523. The van der Waals surface area contributed by atoms with Crippen LogP contribution in [0, 0.1) is 5.92 Å². The predicted octanol–water partition coefficient (Wildman–Crippen LogP) is 1.68. The zero-order chi connectivity index (χ0) is 10.9. The van der Waals surface area contributed by atoms with Crippen LogP contribution in [-0.4, -0.2) is 31.0 Å². The highest BCUT2D eigenvalue weighted by molar-refractivity contribution is 4.74. The smallest absolute Gasteiger partial charge is 0.0725 e. The van der Waals surface area contributed by atoms with Crippen LogP contribution < -0.4 is 5.73 Å². The van der Waals surface area contributed by atoms with Gasteiger partial charge in [0.2, 0.25) is 0 Å². The fourth-order valence-corrected chi connectivity index (χ4v) is 2.38. The molecule has 1 unspecified atom stereocenters. The third kappa shape index (κ3) is 4.96. The minimum Gasteiger partial charge on any atom is -0.396 e. The van der Waals surface area contributed by atoms with Gasteiger partial charge in [0.1, 0.15) is 0 Å². The second-order valence-corrected chi connectivity index (χ2v) is 4.47. The maximum absolute atomic E-state index is 8.70. The van der Waals surface area contributed by atoms with Gasteiger partial charge in [-0.2, -0.15) is 0 Å². The molecular formula is C12H25NO2. The number of aliphatic hydroxyl groups excluding tert-OH is 1. The Labute approximate surface area is 93.0 Å². The summed E-state index contributed by atoms with van der Waals surface area (Å²) >= 11 is 0. The maximum atomic E-state index is 8.70. The Morgan fingerprint density at radius 1 is 1.20 bits per heavy atom. The van der Waals surface area contributed by atoms with Crippen molar-refractivity contribution in [3.8, 4) is 0 Å². The van der Waals surface area contributed by atoms with Gasteiger partial charge in [-0.3, -0.25) is 0 Å². The van der Waals surface area contributed by atoms with Gasteiger partial charge < -0.3 is 15.6 Å². The van der Waals surface area contributed by atoms with Crippen LogP contribution in [0.3, 0.4) is 0 Å². The molecule has 90 valence electrons. The lowest BCUT2D eigenvalue weighted by Crippen LogP contribution is -2.32. The summed E-state index contributed by atoms with van der Waals surface area (Å²) in [7, 11) is 0. The van der Waals surface area contributed by atoms with E-state index in [2.05, 4.69) is 0 Å². The normalized spacial score (nSPS) is 21.2. The predicted molar refractivity (Wildman–Crippen MR) is 61.7 cm³/mol. The summed E-state index contributed by atoms with van der Waals surface area (Å²) in [5.74, 6) is 0.649. The first-order chi connectivity index (χ1) is 7.38. The Bertz CT molecular complexity index is 145. The topological polar surface area (TPSA) is 55.5 Å². The summed E-state index contributed by atoms with van der Waals surface area (Å²) in [6.07, 6.45) is 8.85. The van der Waals surface area contributed by atoms with Crippen LogP contribution in [0.2, 0.25) is 0 Å². The molecule has 0 spiro atoms. The molecule has 1 rings (SSSR count). The molecule has 1 atom stereocenters. The fraction of sp³-hybridized carbons (Fsp3) is 1.00. The van der Waals surface area contributed by atoms with Gasteiger partial charge in [0, 0.05) is 19.8 Å². The lowest BCUT2D eigenvalue weighted by Gasteiger charge is -2.25. The molecule has 0 aromatic heterocycles. The second kappa shape index (κ2) is 8.08. The van der Waals surface area contributed by atoms with Gasteiger partial charge in [0.25, 0.3) is 0 Å². The van der Waals surface area contributed by atoms with Crippen LogP contribution >= 0.6 is 0 Å². The van der Waals surface area contributed by atoms with Crippen LogP contribution in [0.15, 0.2) is 0 Å². The van der Waals surface area contributed by atoms with Crippen molar-refractivity contribution in [2.24, 2.45) is 11.7 Å². The molecule has 0 aliphatic heterocycles. The lowest BCUT2D eigenvalue weighted by molar-refractivity contribution is 0.00723. The summed E-state index contributed by atoms with van der Waals surface area (Å²) < 4.78 is 5.74. The fourth-order valence-electron chi connectivity index (χ4n) is 2.38. The minimum absolute atomic E-state index is 0.210. The standard InChI is InChI=1S/C12H25NO2/c13-10-12(15-9-5-8-14)11-6-3-1-2-4-7-11/h11-12,14H,1-10,13H2. The maximum Gasteiger partial charge on any atom is 0.0725 e. The van der Waals surface area contributed by atoms with Gasteiger partial charge in [-0.05, 0) is 25.2 Å². The molecule has 3 nitrogen and oxygen atoms in total. The molecular weight excluding hydrogens is 190 g/mol. The molecule has 1 saturated carbocycles. The molecule has 0 radical (unpaired) electrons. The second-order valence-electron chi connectivity index (χ2n) is 4.47. The van der Waals surface area contributed by atoms with Gasteiger partial charge in [0.15, 0.2) is 0 Å². The average Bonchev–Trinajstić information content (AvgIpc) is 2.53. The number of ether oxygens (including phenoxy) is 1. The first-order valence-electron chi connectivity index (χ1n) is 6.31. The summed E-state index contributed by atoms with van der Waals surface area (Å²) in [6, 6.07) is 0. The number of rotatable bonds is 6. The first kappa shape index (κ1) is 12.9. The molecule has 0 heterocycles. The molecule has 0 aromatic carbocycles. The van der Waals surface area contributed by atoms with Crippen molar-refractivity contribution >= 4 is 0 Å². The monoisotopic (exact) mass is 215 g/mol. The Balaban J connectivity index is 2.27. The van der Waals surface area contributed by atoms with Crippen LogP contribution in [0.1, 0.15) is 44.9 Å². The number of nitrogens with two attached hydrogens (primary N) is 1. The van der Waals surface area contributed by atoms with E-state index in [1.807, 2.05) is 0 Å². The average molecular weight is 215 g/mol. The molecule has 15 heavy (non-hydrogen) atoms. The molecule has 3 heteroatoms. The zero-order valence-electron chi connectivity index (χ0n) is 9.66. The molecule has 0 aromatic rings. The third-order valence-electron chi connectivity index (χ3n) is 3.29. The Hall–Kier alpha value is -0.120. The van der Waals surface area contributed by atoms with Crippen LogP contribution in [-0.2, 0) is 4.74 Å². The summed E-state index contributed by atoms with van der Waals surface area (Å²) in [6.45, 7) is 1.48. The van der Waals surface area contributed by atoms with Gasteiger partial charge >= 0.3 is 0 Å². The highest BCUT2D eigenvalue weighted by Gasteiger charge is 2.21. The van der Waals surface area contributed by atoms with Crippen molar-refractivity contribution < 1.29 is 9.84 Å². The molecule has 0 saturated heterocycles. The highest BCUT2D eigenvalue weighted by Crippen LogP contribution is 2.26. The SMILES string of the molecule is NCC(OCCCO)C1CCCCCC1. The first-order valence-corrected chi connectivity index (χ1v) is 6.31. The number of aliphatic hydroxyl groups is 1. The van der Waals surface area contributed by atoms with Crippen molar-refractivity contribution in [2.75, 3.05) is 19.8 Å². The number of hydrogen-bond donors (Lipinski definition) is 2. The largest absolute Gasteiger partial charge is 0.396 e. The summed E-state index contributed by atoms with van der Waals surface area (Å²) in [5.41, 5.74) is 5.75. The molecule has 0 amide bonds. The van der Waals surface area contributed by atoms with E-state index < -0.39 is 0 Å². The molecule has 1 fully saturated rings. The highest BCUT2D eigenvalue weighted by atomic mass is 16.5. The Morgan fingerprint density at radius 3 is 2.40 bits per heavy atom. The Morgan fingerprint density at radius 2 is 1.87 bits per heavy atom. The van der Waals surface area contributed by atoms with E-state index in [-0.39, 0.29) is 12.7 Å². The van der Waals surface area contributed by atoms with E-state index in [4.69, 9.17) is 15.6 Å². The molecule has 0 bridgehead atoms. The van der Waals surface area contributed by atoms with Crippen molar-refractivity contribution in [1.29, 1.82) is 0 Å². The van der Waals surface area contributed by atoms with Crippen molar-refractivity contribution in [2.45, 2.75) is 51.0 Å². The van der Waals surface area contributed by atoms with Crippen molar-refractivity contribution in [3.05, 3.63) is 0 Å². The summed E-state index contributed by atoms with van der Waals surface area (Å²) in [5, 5.41) is 8.70. The Kier molecular flexibility index (Phi) is 6.98. The van der Waals surface area contributed by atoms with Crippen molar-refractivity contribution in [3.63, 3.8) is 0 Å². The molecule has 3 N–H and O–H groups in total. The van der Waals surface area contributed by atoms with Gasteiger partial charge in [-0.15, -0.1) is 0 Å². The summed E-state index contributed by atoms with van der Waals surface area (Å²) in [4.78, 5) is 0. The van der Waals surface area contributed by atoms with E-state index in [1.165, 1.54) is 38.5 Å². The van der Waals surface area contributed by atoms with E-state index >= 15 is 0 Å². The van der Waals surface area contributed by atoms with Gasteiger partial charge in [-0.25, -0.2) is 0 Å². The van der Waals surface area contributed by atoms with E-state index in [9.17, 15) is 0 Å². The minimum atomic E-state index is 0.210. The van der Waals surface area contributed by atoms with E-state index in [0.717, 1.165) is 6.42 Å². The van der Waals surface area contributed by atoms with Crippen LogP contribution in [0.5, 0.6) is 0 Å². The lowest BCUT2D eigenvalue weighted by atomic mass is 9.94. The van der Waals surface area contributed by atoms with Gasteiger partial charge in [-0.1, -0.05) is 25.7 Å². The van der Waals surface area contributed by atoms with Gasteiger partial charge in [0.05, 0.1) is 6.10 Å². The van der Waals surface area contributed by atoms with Crippen molar-refractivity contribution in [1.82, 2.24) is 0 Å². The number of hydrogen-bond acceptors (Lipinski definition) is 3. The van der Waals surface area contributed by atoms with Crippen LogP contribution in [0.25, 0.3) is 0 Å². The molecule has 1 aliphatic carbocycles. The van der Waals surface area contributed by atoms with E-state index in [0.29, 0.717) is 19.1 Å². The third-order valence-corrected chi connectivity index (χ3v) is 3.29.